The molecule has 0 fully saturated rings. The van der Waals surface area contributed by atoms with Gasteiger partial charge in [-0.05, 0) is 55.0 Å². The molecule has 1 amide bonds. The molecule has 0 N–H and O–H groups in total. The van der Waals surface area contributed by atoms with Gasteiger partial charge in [-0.3, -0.25) is 9.59 Å². The van der Waals surface area contributed by atoms with Gasteiger partial charge >= 0.3 is 0 Å². The Kier molecular flexibility index (Phi) is 6.52. The van der Waals surface area contributed by atoms with Crippen LogP contribution in [-0.4, -0.2) is 30.1 Å². The summed E-state index contributed by atoms with van der Waals surface area (Å²) in [6.45, 7) is 11.5. The molecule has 0 radical (unpaired) electrons. The number of amides is 1. The second kappa shape index (κ2) is 9.07. The molecule has 1 aliphatic rings. The summed E-state index contributed by atoms with van der Waals surface area (Å²) in [5.74, 6) is -0.106. The average molecular weight is 512 g/mol. The normalized spacial score (nSPS) is 16.2. The Balaban J connectivity index is 1.81. The lowest BCUT2D eigenvalue weighted by Crippen LogP contribution is -2.31. The number of carbonyl (C=O) groups excluding carboxylic acids is 1. The number of hydrogen-bond donors (Lipinski definition) is 0. The first-order valence-electron chi connectivity index (χ1n) is 11.4. The van der Waals surface area contributed by atoms with Crippen molar-refractivity contribution in [3.63, 3.8) is 0 Å². The molecule has 0 aliphatic carbocycles. The zero-order chi connectivity index (χ0) is 23.9. The fourth-order valence-electron chi connectivity index (χ4n) is 4.29. The third-order valence-electron chi connectivity index (χ3n) is 6.01. The molecule has 1 aliphatic heterocycles. The lowest BCUT2D eigenvalue weighted by molar-refractivity contribution is 0.0593. The van der Waals surface area contributed by atoms with Crippen LogP contribution in [0.2, 0.25) is 0 Å². The van der Waals surface area contributed by atoms with E-state index in [1.54, 1.807) is 23.1 Å². The van der Waals surface area contributed by atoms with E-state index in [9.17, 15) is 9.59 Å². The molecule has 6 heteroatoms. The molecular weight excluding hydrogens is 482 g/mol. The molecule has 0 spiro atoms. The summed E-state index contributed by atoms with van der Waals surface area (Å²) >= 11 is 3.44. The molecule has 174 valence electrons. The zero-order valence-electron chi connectivity index (χ0n) is 19.8. The first-order chi connectivity index (χ1) is 15.6. The largest absolute Gasteiger partial charge is 0.450 e. The van der Waals surface area contributed by atoms with Crippen LogP contribution in [0, 0.1) is 0 Å². The highest BCUT2D eigenvalue weighted by Gasteiger charge is 2.42. The van der Waals surface area contributed by atoms with E-state index in [1.165, 1.54) is 5.56 Å². The summed E-state index contributed by atoms with van der Waals surface area (Å²) in [6.07, 6.45) is 0.803. The Morgan fingerprint density at radius 2 is 1.79 bits per heavy atom. The fraction of sp³-hybridized carbons (Fsp3) is 0.407. The van der Waals surface area contributed by atoms with E-state index in [0.717, 1.165) is 10.0 Å². The molecule has 2 heterocycles. The number of rotatable bonds is 6. The number of halogens is 1. The predicted molar refractivity (Wildman–Crippen MR) is 134 cm³/mol. The maximum absolute atomic E-state index is 13.6. The molecule has 0 saturated heterocycles. The van der Waals surface area contributed by atoms with Crippen LogP contribution in [0.1, 0.15) is 74.3 Å². The molecule has 1 aromatic heterocycles. The highest BCUT2D eigenvalue weighted by atomic mass is 79.9. The summed E-state index contributed by atoms with van der Waals surface area (Å²) < 4.78 is 12.5. The summed E-state index contributed by atoms with van der Waals surface area (Å²) in [5.41, 5.74) is 2.79. The van der Waals surface area contributed by atoms with Gasteiger partial charge in [0.25, 0.3) is 5.91 Å². The standard InChI is InChI=1S/C27H30BrNO4/c1-16(2)32-14-6-13-29-23(17-7-9-18(10-8-17)27(3,4)5)22-24(30)20-15-19(28)11-12-21(20)33-25(22)26(29)31/h7-12,15-16,23H,6,13-14H2,1-5H3. The minimum Gasteiger partial charge on any atom is -0.450 e. The molecule has 4 rings (SSSR count). The fourth-order valence-corrected chi connectivity index (χ4v) is 4.65. The lowest BCUT2D eigenvalue weighted by Gasteiger charge is -2.26. The van der Waals surface area contributed by atoms with Crippen LogP contribution in [0.4, 0.5) is 0 Å². The Hall–Kier alpha value is -2.44. The van der Waals surface area contributed by atoms with E-state index in [-0.39, 0.29) is 28.6 Å². The van der Waals surface area contributed by atoms with E-state index in [4.69, 9.17) is 9.15 Å². The van der Waals surface area contributed by atoms with E-state index in [0.29, 0.717) is 36.1 Å². The molecule has 3 aromatic rings. The van der Waals surface area contributed by atoms with E-state index in [2.05, 4.69) is 48.8 Å². The van der Waals surface area contributed by atoms with Gasteiger partial charge in [0, 0.05) is 17.6 Å². The van der Waals surface area contributed by atoms with Crippen LogP contribution in [-0.2, 0) is 10.2 Å². The third kappa shape index (κ3) is 4.64. The van der Waals surface area contributed by atoms with Gasteiger partial charge in [0.1, 0.15) is 5.58 Å². The molecule has 1 atom stereocenters. The maximum atomic E-state index is 13.6. The molecule has 5 nitrogen and oxygen atoms in total. The minimum absolute atomic E-state index is 0.0112. The number of benzene rings is 2. The number of fused-ring (bicyclic) bond motifs is 2. The van der Waals surface area contributed by atoms with Crippen molar-refractivity contribution in [1.82, 2.24) is 4.90 Å². The Labute approximate surface area is 202 Å². The third-order valence-corrected chi connectivity index (χ3v) is 6.51. The van der Waals surface area contributed by atoms with Crippen molar-refractivity contribution in [2.24, 2.45) is 0 Å². The predicted octanol–water partition coefficient (Wildman–Crippen LogP) is 6.21. The monoisotopic (exact) mass is 511 g/mol. The van der Waals surface area contributed by atoms with Gasteiger partial charge in [-0.15, -0.1) is 0 Å². The Bertz CT molecular complexity index is 1240. The summed E-state index contributed by atoms with van der Waals surface area (Å²) in [6, 6.07) is 13.0. The molecule has 33 heavy (non-hydrogen) atoms. The number of ether oxygens (including phenoxy) is 1. The zero-order valence-corrected chi connectivity index (χ0v) is 21.4. The van der Waals surface area contributed by atoms with Crippen molar-refractivity contribution < 1.29 is 13.9 Å². The van der Waals surface area contributed by atoms with Crippen LogP contribution < -0.4 is 5.43 Å². The van der Waals surface area contributed by atoms with Gasteiger partial charge in [-0.1, -0.05) is 61.0 Å². The second-order valence-corrected chi connectivity index (χ2v) is 10.8. The first kappa shape index (κ1) is 23.7. The molecule has 2 aromatic carbocycles. The lowest BCUT2D eigenvalue weighted by atomic mass is 9.86. The smallest absolute Gasteiger partial charge is 0.290 e. The maximum Gasteiger partial charge on any atom is 0.290 e. The minimum atomic E-state index is -0.486. The quantitative estimate of drug-likeness (QED) is 0.369. The van der Waals surface area contributed by atoms with E-state index in [1.807, 2.05) is 26.0 Å². The molecule has 1 unspecified atom stereocenters. The van der Waals surface area contributed by atoms with Crippen LogP contribution in [0.3, 0.4) is 0 Å². The SMILES string of the molecule is CC(C)OCCCN1C(=O)c2oc3ccc(Br)cc3c(=O)c2C1c1ccc(C(C)(C)C)cc1. The van der Waals surface area contributed by atoms with Gasteiger partial charge in [-0.2, -0.15) is 0 Å². The van der Waals surface area contributed by atoms with Gasteiger partial charge in [0.2, 0.25) is 5.76 Å². The van der Waals surface area contributed by atoms with Crippen molar-refractivity contribution in [3.8, 4) is 0 Å². The summed E-state index contributed by atoms with van der Waals surface area (Å²) in [4.78, 5) is 28.8. The highest BCUT2D eigenvalue weighted by Crippen LogP contribution is 2.39. The van der Waals surface area contributed by atoms with Crippen LogP contribution in [0.15, 0.2) is 56.1 Å². The number of hydrogen-bond acceptors (Lipinski definition) is 4. The Morgan fingerprint density at radius 1 is 1.09 bits per heavy atom. The summed E-state index contributed by atoms with van der Waals surface area (Å²) in [7, 11) is 0. The van der Waals surface area contributed by atoms with Crippen molar-refractivity contribution in [1.29, 1.82) is 0 Å². The van der Waals surface area contributed by atoms with Crippen molar-refractivity contribution in [2.75, 3.05) is 13.2 Å². The molecule has 0 bridgehead atoms. The van der Waals surface area contributed by atoms with Gasteiger partial charge in [0.05, 0.1) is 23.1 Å². The molecular formula is C27H30BrNO4. The van der Waals surface area contributed by atoms with Crippen molar-refractivity contribution in [2.45, 2.75) is 58.6 Å². The second-order valence-electron chi connectivity index (χ2n) is 9.86. The highest BCUT2D eigenvalue weighted by molar-refractivity contribution is 9.10. The van der Waals surface area contributed by atoms with Crippen molar-refractivity contribution >= 4 is 32.8 Å². The first-order valence-corrected chi connectivity index (χ1v) is 12.2. The van der Waals surface area contributed by atoms with E-state index < -0.39 is 6.04 Å². The topological polar surface area (TPSA) is 59.8 Å². The van der Waals surface area contributed by atoms with Gasteiger partial charge < -0.3 is 14.1 Å². The van der Waals surface area contributed by atoms with Crippen LogP contribution in [0.25, 0.3) is 11.0 Å². The number of nitrogens with zero attached hydrogens (tertiary/aromatic N) is 1. The average Bonchev–Trinajstić information content (AvgIpc) is 3.03. The van der Waals surface area contributed by atoms with Gasteiger partial charge in [-0.25, -0.2) is 0 Å². The van der Waals surface area contributed by atoms with Crippen molar-refractivity contribution in [3.05, 3.63) is 79.6 Å². The van der Waals surface area contributed by atoms with Crippen LogP contribution in [0.5, 0.6) is 0 Å². The summed E-state index contributed by atoms with van der Waals surface area (Å²) in [5, 5.41) is 0.470. The number of carbonyl (C=O) groups is 1. The van der Waals surface area contributed by atoms with Gasteiger partial charge in [0.15, 0.2) is 5.43 Å². The Morgan fingerprint density at radius 3 is 2.42 bits per heavy atom. The van der Waals surface area contributed by atoms with E-state index >= 15 is 0 Å². The molecule has 0 saturated carbocycles. The van der Waals surface area contributed by atoms with Crippen LogP contribution >= 0.6 is 15.9 Å².